The molecule has 0 unspecified atom stereocenters. The Morgan fingerprint density at radius 3 is 2.69 bits per heavy atom. The van der Waals surface area contributed by atoms with Crippen LogP contribution < -0.4 is 16.7 Å². The summed E-state index contributed by atoms with van der Waals surface area (Å²) in [7, 11) is 0. The van der Waals surface area contributed by atoms with Crippen LogP contribution in [0.25, 0.3) is 0 Å². The Morgan fingerprint density at radius 2 is 2.00 bits per heavy atom. The molecule has 0 bridgehead atoms. The standard InChI is InChI=1S/C17H16Cl2N4O3/c1-8-14-12(3-2-4-13(14)26-15(8)17(25)21-20)22-23-16(24)10-6-5-9(18)7-11(10)19/h5-7H,2-4,20H2,1H3,(H,21,25)(H,23,24)/b22-12+. The molecule has 136 valence electrons. The molecule has 0 spiro atoms. The maximum atomic E-state index is 12.3. The van der Waals surface area contributed by atoms with Gasteiger partial charge < -0.3 is 4.42 Å². The monoisotopic (exact) mass is 394 g/mol. The summed E-state index contributed by atoms with van der Waals surface area (Å²) < 4.78 is 5.62. The number of furan rings is 1. The highest BCUT2D eigenvalue weighted by Gasteiger charge is 2.27. The van der Waals surface area contributed by atoms with E-state index in [1.807, 2.05) is 0 Å². The maximum absolute atomic E-state index is 12.3. The Morgan fingerprint density at radius 1 is 1.23 bits per heavy atom. The zero-order chi connectivity index (χ0) is 18.8. The van der Waals surface area contributed by atoms with Gasteiger partial charge in [-0.15, -0.1) is 0 Å². The van der Waals surface area contributed by atoms with Crippen LogP contribution in [0.1, 0.15) is 50.6 Å². The van der Waals surface area contributed by atoms with Crippen molar-refractivity contribution in [3.63, 3.8) is 0 Å². The predicted molar refractivity (Wildman–Crippen MR) is 98.5 cm³/mol. The third-order valence-corrected chi connectivity index (χ3v) is 4.68. The minimum absolute atomic E-state index is 0.152. The number of nitrogens with zero attached hydrogens (tertiary/aromatic N) is 1. The van der Waals surface area contributed by atoms with E-state index in [0.29, 0.717) is 34.9 Å². The summed E-state index contributed by atoms with van der Waals surface area (Å²) in [5.41, 5.74) is 6.85. The van der Waals surface area contributed by atoms with Gasteiger partial charge in [0.1, 0.15) is 5.76 Å². The van der Waals surface area contributed by atoms with E-state index in [4.69, 9.17) is 33.5 Å². The fourth-order valence-corrected chi connectivity index (χ4v) is 3.41. The van der Waals surface area contributed by atoms with Gasteiger partial charge >= 0.3 is 5.91 Å². The van der Waals surface area contributed by atoms with E-state index < -0.39 is 11.8 Å². The highest BCUT2D eigenvalue weighted by molar-refractivity contribution is 6.36. The number of aryl methyl sites for hydroxylation is 1. The lowest BCUT2D eigenvalue weighted by Crippen LogP contribution is -2.30. The van der Waals surface area contributed by atoms with Gasteiger partial charge in [0.05, 0.1) is 16.3 Å². The number of hydrazone groups is 1. The second-order valence-electron chi connectivity index (χ2n) is 5.80. The lowest BCUT2D eigenvalue weighted by molar-refractivity contribution is 0.0921. The van der Waals surface area contributed by atoms with Gasteiger partial charge in [0.2, 0.25) is 0 Å². The van der Waals surface area contributed by atoms with Gasteiger partial charge in [-0.25, -0.2) is 11.3 Å². The average molecular weight is 395 g/mol. The normalized spacial score (nSPS) is 14.8. The molecular weight excluding hydrogens is 379 g/mol. The third kappa shape index (κ3) is 3.46. The number of hydrogen-bond acceptors (Lipinski definition) is 5. The number of carbonyl (C=O) groups is 2. The number of nitrogen functional groups attached to an aromatic ring is 1. The Balaban J connectivity index is 1.88. The molecular formula is C17H16Cl2N4O3. The van der Waals surface area contributed by atoms with Crippen molar-refractivity contribution in [3.05, 3.63) is 56.5 Å². The van der Waals surface area contributed by atoms with Crippen LogP contribution >= 0.6 is 23.2 Å². The number of nitrogens with two attached hydrogens (primary N) is 1. The van der Waals surface area contributed by atoms with E-state index in [0.717, 1.165) is 12.0 Å². The second-order valence-corrected chi connectivity index (χ2v) is 6.65. The number of hydrogen-bond donors (Lipinski definition) is 3. The molecule has 4 N–H and O–H groups in total. The molecule has 7 nitrogen and oxygen atoms in total. The molecule has 3 rings (SSSR count). The van der Waals surface area contributed by atoms with Gasteiger partial charge in [-0.3, -0.25) is 15.0 Å². The molecule has 26 heavy (non-hydrogen) atoms. The Kier molecular flexibility index (Phi) is 5.31. The first-order valence-electron chi connectivity index (χ1n) is 7.88. The van der Waals surface area contributed by atoms with Crippen molar-refractivity contribution < 1.29 is 14.0 Å². The van der Waals surface area contributed by atoms with Crippen molar-refractivity contribution in [2.45, 2.75) is 26.2 Å². The van der Waals surface area contributed by atoms with E-state index in [-0.39, 0.29) is 16.3 Å². The van der Waals surface area contributed by atoms with Crippen molar-refractivity contribution in [1.82, 2.24) is 10.9 Å². The summed E-state index contributed by atoms with van der Waals surface area (Å²) in [6, 6.07) is 4.59. The molecule has 2 aromatic rings. The quantitative estimate of drug-likeness (QED) is 0.422. The van der Waals surface area contributed by atoms with Gasteiger partial charge in [0, 0.05) is 22.6 Å². The molecule has 9 heteroatoms. The van der Waals surface area contributed by atoms with E-state index in [1.54, 1.807) is 13.0 Å². The van der Waals surface area contributed by atoms with Crippen LogP contribution in [0.2, 0.25) is 10.0 Å². The second kappa shape index (κ2) is 7.49. The first kappa shape index (κ1) is 18.4. The van der Waals surface area contributed by atoms with Crippen LogP contribution in [0.15, 0.2) is 27.7 Å². The van der Waals surface area contributed by atoms with Crippen molar-refractivity contribution >= 4 is 40.7 Å². The molecule has 2 amide bonds. The fourth-order valence-electron chi connectivity index (χ4n) is 2.91. The van der Waals surface area contributed by atoms with Crippen LogP contribution in [-0.4, -0.2) is 17.5 Å². The first-order valence-corrected chi connectivity index (χ1v) is 8.63. The van der Waals surface area contributed by atoms with Crippen LogP contribution in [0.3, 0.4) is 0 Å². The molecule has 0 atom stereocenters. The lowest BCUT2D eigenvalue weighted by atomic mass is 9.93. The Labute approximate surface area is 159 Å². The topological polar surface area (TPSA) is 110 Å². The fraction of sp³-hybridized carbons (Fsp3) is 0.235. The number of amides is 2. The summed E-state index contributed by atoms with van der Waals surface area (Å²) >= 11 is 11.9. The highest BCUT2D eigenvalue weighted by Crippen LogP contribution is 2.30. The molecule has 1 aliphatic rings. The van der Waals surface area contributed by atoms with Crippen LogP contribution in [0, 0.1) is 6.92 Å². The molecule has 1 aromatic carbocycles. The van der Waals surface area contributed by atoms with Crippen LogP contribution in [-0.2, 0) is 6.42 Å². The zero-order valence-electron chi connectivity index (χ0n) is 13.9. The van der Waals surface area contributed by atoms with Crippen molar-refractivity contribution in [2.75, 3.05) is 0 Å². The molecule has 1 aromatic heterocycles. The Hall–Kier alpha value is -2.35. The van der Waals surface area contributed by atoms with Gasteiger partial charge in [-0.2, -0.15) is 5.10 Å². The first-order chi connectivity index (χ1) is 12.4. The maximum Gasteiger partial charge on any atom is 0.301 e. The number of halogens is 2. The van der Waals surface area contributed by atoms with Gasteiger partial charge in [-0.05, 0) is 38.0 Å². The smallest absolute Gasteiger partial charge is 0.301 e. The van der Waals surface area contributed by atoms with Gasteiger partial charge in [0.15, 0.2) is 5.76 Å². The van der Waals surface area contributed by atoms with Crippen molar-refractivity contribution in [3.8, 4) is 0 Å². The summed E-state index contributed by atoms with van der Waals surface area (Å²) in [6.07, 6.45) is 2.12. The largest absolute Gasteiger partial charge is 0.455 e. The minimum Gasteiger partial charge on any atom is -0.455 e. The molecule has 1 aliphatic carbocycles. The number of nitrogens with one attached hydrogen (secondary N) is 2. The summed E-state index contributed by atoms with van der Waals surface area (Å²) in [4.78, 5) is 24.1. The number of carbonyl (C=O) groups excluding carboxylic acids is 2. The Bertz CT molecular complexity index is 921. The van der Waals surface area contributed by atoms with E-state index in [9.17, 15) is 9.59 Å². The minimum atomic E-state index is -0.506. The number of rotatable bonds is 3. The van der Waals surface area contributed by atoms with Crippen LogP contribution in [0.5, 0.6) is 0 Å². The summed E-state index contributed by atoms with van der Waals surface area (Å²) in [6.45, 7) is 1.76. The zero-order valence-corrected chi connectivity index (χ0v) is 15.4. The number of hydrazine groups is 1. The molecule has 0 saturated carbocycles. The van der Waals surface area contributed by atoms with Crippen molar-refractivity contribution in [1.29, 1.82) is 0 Å². The molecule has 0 radical (unpaired) electrons. The number of fused-ring (bicyclic) bond motifs is 1. The van der Waals surface area contributed by atoms with Gasteiger partial charge in [0.25, 0.3) is 5.91 Å². The lowest BCUT2D eigenvalue weighted by Gasteiger charge is -2.13. The SMILES string of the molecule is Cc1c(C(=O)NN)oc2c1/C(=N/NC(=O)c1ccc(Cl)cc1Cl)CCC2. The van der Waals surface area contributed by atoms with E-state index >= 15 is 0 Å². The highest BCUT2D eigenvalue weighted by atomic mass is 35.5. The molecule has 0 aliphatic heterocycles. The number of benzene rings is 1. The molecule has 0 saturated heterocycles. The summed E-state index contributed by atoms with van der Waals surface area (Å²) in [5.74, 6) is 5.04. The van der Waals surface area contributed by atoms with Crippen molar-refractivity contribution in [2.24, 2.45) is 10.9 Å². The van der Waals surface area contributed by atoms with Crippen LogP contribution in [0.4, 0.5) is 0 Å². The van der Waals surface area contributed by atoms with E-state index in [1.165, 1.54) is 12.1 Å². The average Bonchev–Trinajstić information content (AvgIpc) is 2.96. The van der Waals surface area contributed by atoms with E-state index in [2.05, 4.69) is 16.0 Å². The molecule has 0 fully saturated rings. The summed E-state index contributed by atoms with van der Waals surface area (Å²) in [5, 5.41) is 4.90. The predicted octanol–water partition coefficient (Wildman–Crippen LogP) is 2.97. The molecule has 1 heterocycles. The third-order valence-electron chi connectivity index (χ3n) is 4.13. The van der Waals surface area contributed by atoms with Gasteiger partial charge in [-0.1, -0.05) is 23.2 Å².